The number of carbonyl (C=O) groups excluding carboxylic acids is 1. The highest BCUT2D eigenvalue weighted by atomic mass is 32.2. The largest absolute Gasteiger partial charge is 0.464 e. The average molecular weight is 461 g/mol. The second-order valence-electron chi connectivity index (χ2n) is 6.62. The Morgan fingerprint density at radius 3 is 2.66 bits per heavy atom. The van der Waals surface area contributed by atoms with Crippen LogP contribution in [0.15, 0.2) is 52.1 Å². The number of benzene rings is 1. The van der Waals surface area contributed by atoms with Gasteiger partial charge in [0.1, 0.15) is 34.3 Å². The van der Waals surface area contributed by atoms with E-state index in [0.717, 1.165) is 22.0 Å². The Kier molecular flexibility index (Phi) is 6.08. The van der Waals surface area contributed by atoms with E-state index in [4.69, 9.17) is 10.2 Å². The highest BCUT2D eigenvalue weighted by molar-refractivity contribution is 8.00. The van der Waals surface area contributed by atoms with Crippen molar-refractivity contribution in [3.63, 3.8) is 0 Å². The second-order valence-corrected chi connectivity index (χ2v) is 8.84. The minimum absolute atomic E-state index is 0.0261. The van der Waals surface area contributed by atoms with Gasteiger partial charge in [0.25, 0.3) is 0 Å². The predicted octanol–water partition coefficient (Wildman–Crippen LogP) is 4.79. The first-order valence-electron chi connectivity index (χ1n) is 9.56. The van der Waals surface area contributed by atoms with Gasteiger partial charge in [0, 0.05) is 0 Å². The van der Waals surface area contributed by atoms with Crippen molar-refractivity contribution >= 4 is 50.2 Å². The zero-order valence-corrected chi connectivity index (χ0v) is 18.5. The van der Waals surface area contributed by atoms with Crippen molar-refractivity contribution < 1.29 is 9.21 Å². The molecule has 1 unspecified atom stereocenters. The topological polar surface area (TPSA) is 142 Å². The number of nitrogen functional groups attached to an aromatic ring is 1. The number of nitrogens with one attached hydrogen (secondary N) is 1. The van der Waals surface area contributed by atoms with Gasteiger partial charge in [-0.25, -0.2) is 9.97 Å². The summed E-state index contributed by atoms with van der Waals surface area (Å²) >= 11 is 2.51. The van der Waals surface area contributed by atoms with Crippen LogP contribution in [-0.2, 0) is 4.79 Å². The number of hydrogen-bond donors (Lipinski definition) is 2. The maximum absolute atomic E-state index is 13.0. The summed E-state index contributed by atoms with van der Waals surface area (Å²) in [7, 11) is 0. The molecule has 10 heteroatoms. The number of thioether (sulfide) groups is 1. The minimum Gasteiger partial charge on any atom is -0.464 e. The lowest BCUT2D eigenvalue weighted by Gasteiger charge is -2.16. The van der Waals surface area contributed by atoms with E-state index in [1.807, 2.05) is 37.3 Å². The molecule has 0 aliphatic heterocycles. The Hall–Kier alpha value is -3.86. The Morgan fingerprint density at radius 2 is 2.00 bits per heavy atom. The van der Waals surface area contributed by atoms with E-state index in [-0.39, 0.29) is 33.4 Å². The number of carbonyl (C=O) groups is 1. The Morgan fingerprint density at radius 1 is 1.22 bits per heavy atom. The number of hydrogen-bond acceptors (Lipinski definition) is 9. The molecule has 0 bridgehead atoms. The number of nitrogens with two attached hydrogens (primary N) is 1. The first-order chi connectivity index (χ1) is 15.5. The zero-order chi connectivity index (χ0) is 22.7. The normalized spacial score (nSPS) is 11.6. The van der Waals surface area contributed by atoms with Crippen LogP contribution in [0.4, 0.5) is 10.9 Å². The SMILES string of the molecule is CCC(Sc1nc(N)c(C#N)c(-c2ccco2)c1C#N)C(=O)Nc1nc2ccccc2s1. The molecular weight excluding hydrogens is 444 g/mol. The fourth-order valence-corrected chi connectivity index (χ4v) is 5.01. The second kappa shape index (κ2) is 9.10. The summed E-state index contributed by atoms with van der Waals surface area (Å²) in [5.41, 5.74) is 7.30. The van der Waals surface area contributed by atoms with Crippen LogP contribution in [-0.4, -0.2) is 21.1 Å². The molecule has 0 radical (unpaired) electrons. The van der Waals surface area contributed by atoms with Crippen LogP contribution in [0.25, 0.3) is 21.5 Å². The van der Waals surface area contributed by atoms with Gasteiger partial charge in [-0.15, -0.1) is 0 Å². The molecule has 4 rings (SSSR count). The number of amides is 1. The van der Waals surface area contributed by atoms with Gasteiger partial charge in [-0.2, -0.15) is 10.5 Å². The highest BCUT2D eigenvalue weighted by Gasteiger charge is 2.26. The maximum atomic E-state index is 13.0. The quantitative estimate of drug-likeness (QED) is 0.391. The lowest BCUT2D eigenvalue weighted by Crippen LogP contribution is -2.25. The first-order valence-corrected chi connectivity index (χ1v) is 11.3. The molecule has 0 aliphatic carbocycles. The number of para-hydroxylation sites is 1. The van der Waals surface area contributed by atoms with Gasteiger partial charge in [-0.05, 0) is 30.7 Å². The van der Waals surface area contributed by atoms with E-state index >= 15 is 0 Å². The van der Waals surface area contributed by atoms with Crippen LogP contribution in [0.5, 0.6) is 0 Å². The van der Waals surface area contributed by atoms with Crippen molar-refractivity contribution in [2.45, 2.75) is 23.6 Å². The summed E-state index contributed by atoms with van der Waals surface area (Å²) in [5.74, 6) is 0.0487. The number of pyridine rings is 1. The zero-order valence-electron chi connectivity index (χ0n) is 16.8. The van der Waals surface area contributed by atoms with Gasteiger partial charge in [-0.1, -0.05) is 42.2 Å². The van der Waals surface area contributed by atoms with Gasteiger partial charge in [0.15, 0.2) is 5.13 Å². The van der Waals surface area contributed by atoms with Crippen LogP contribution < -0.4 is 11.1 Å². The van der Waals surface area contributed by atoms with Crippen LogP contribution in [0.1, 0.15) is 24.5 Å². The van der Waals surface area contributed by atoms with Gasteiger partial charge < -0.3 is 15.5 Å². The van der Waals surface area contributed by atoms with Gasteiger partial charge in [-0.3, -0.25) is 4.79 Å². The van der Waals surface area contributed by atoms with E-state index in [1.165, 1.54) is 17.6 Å². The van der Waals surface area contributed by atoms with E-state index < -0.39 is 5.25 Å². The molecule has 4 aromatic rings. The lowest BCUT2D eigenvalue weighted by atomic mass is 10.0. The summed E-state index contributed by atoms with van der Waals surface area (Å²) in [4.78, 5) is 21.7. The Balaban J connectivity index is 1.66. The molecule has 1 amide bonds. The molecule has 1 aromatic carbocycles. The van der Waals surface area contributed by atoms with Crippen LogP contribution in [0.2, 0.25) is 0 Å². The molecule has 1 atom stereocenters. The number of thiazole rings is 1. The van der Waals surface area contributed by atoms with E-state index in [2.05, 4.69) is 21.4 Å². The van der Waals surface area contributed by atoms with E-state index in [0.29, 0.717) is 17.3 Å². The molecule has 32 heavy (non-hydrogen) atoms. The van der Waals surface area contributed by atoms with Gasteiger partial charge in [0.05, 0.1) is 32.9 Å². The number of nitrogens with zero attached hydrogens (tertiary/aromatic N) is 4. The molecule has 0 aliphatic rings. The Labute approximate surface area is 191 Å². The number of fused-ring (bicyclic) bond motifs is 1. The van der Waals surface area contributed by atoms with Crippen molar-refractivity contribution in [1.29, 1.82) is 10.5 Å². The van der Waals surface area contributed by atoms with Crippen LogP contribution in [0.3, 0.4) is 0 Å². The number of nitriles is 2. The number of rotatable bonds is 6. The fraction of sp³-hybridized carbons (Fsp3) is 0.136. The van der Waals surface area contributed by atoms with E-state index in [9.17, 15) is 15.3 Å². The summed E-state index contributed by atoms with van der Waals surface area (Å²) in [6.45, 7) is 1.86. The monoisotopic (exact) mass is 460 g/mol. The van der Waals surface area contributed by atoms with Gasteiger partial charge >= 0.3 is 0 Å². The Bertz CT molecular complexity index is 1350. The van der Waals surface area contributed by atoms with Crippen molar-refractivity contribution in [3.8, 4) is 23.5 Å². The summed E-state index contributed by atoms with van der Waals surface area (Å²) < 4.78 is 6.39. The van der Waals surface area contributed by atoms with Crippen LogP contribution >= 0.6 is 23.1 Å². The first kappa shape index (κ1) is 21.4. The highest BCUT2D eigenvalue weighted by Crippen LogP contribution is 2.38. The fourth-order valence-electron chi connectivity index (χ4n) is 3.12. The van der Waals surface area contributed by atoms with Crippen molar-refractivity contribution in [1.82, 2.24) is 9.97 Å². The number of anilines is 2. The van der Waals surface area contributed by atoms with Crippen molar-refractivity contribution in [2.24, 2.45) is 0 Å². The van der Waals surface area contributed by atoms with Crippen molar-refractivity contribution in [3.05, 3.63) is 53.8 Å². The molecule has 8 nitrogen and oxygen atoms in total. The molecule has 0 spiro atoms. The molecule has 0 saturated carbocycles. The molecule has 0 saturated heterocycles. The molecule has 3 heterocycles. The third-order valence-electron chi connectivity index (χ3n) is 4.62. The van der Waals surface area contributed by atoms with Crippen molar-refractivity contribution in [2.75, 3.05) is 11.1 Å². The average Bonchev–Trinajstić information content (AvgIpc) is 3.46. The van der Waals surface area contributed by atoms with Crippen LogP contribution in [0, 0.1) is 22.7 Å². The summed E-state index contributed by atoms with van der Waals surface area (Å²) in [6, 6.07) is 15.0. The standard InChI is InChI=1S/C22H16N6O2S2/c1-2-16(20(29)28-22-26-14-6-3-4-8-17(14)32-22)31-21-13(11-24)18(15-7-5-9-30-15)12(10-23)19(25)27-21/h3-9,16H,2H2,1H3,(H2,25,27)(H,26,28,29). The third-order valence-corrected chi connectivity index (χ3v) is 6.93. The molecular formula is C22H16N6O2S2. The molecule has 158 valence electrons. The number of aromatic nitrogens is 2. The molecule has 3 aromatic heterocycles. The summed E-state index contributed by atoms with van der Waals surface area (Å²) in [6.07, 6.45) is 1.92. The number of furan rings is 1. The van der Waals surface area contributed by atoms with E-state index in [1.54, 1.807) is 12.1 Å². The summed E-state index contributed by atoms with van der Waals surface area (Å²) in [5, 5.41) is 22.5. The van der Waals surface area contributed by atoms with Gasteiger partial charge in [0.2, 0.25) is 5.91 Å². The lowest BCUT2D eigenvalue weighted by molar-refractivity contribution is -0.115. The minimum atomic E-state index is -0.557. The third kappa shape index (κ3) is 4.02. The smallest absolute Gasteiger partial charge is 0.239 e. The maximum Gasteiger partial charge on any atom is 0.239 e. The molecule has 0 fully saturated rings. The molecule has 3 N–H and O–H groups in total. The predicted molar refractivity (Wildman–Crippen MR) is 124 cm³/mol.